The lowest BCUT2D eigenvalue weighted by Gasteiger charge is -2.28. The van der Waals surface area contributed by atoms with Gasteiger partial charge in [-0.2, -0.15) is 0 Å². The molecule has 0 fully saturated rings. The second kappa shape index (κ2) is 11.2. The van der Waals surface area contributed by atoms with Gasteiger partial charge in [0, 0.05) is 23.1 Å². The monoisotopic (exact) mass is 413 g/mol. The molecule has 0 saturated heterocycles. The number of carbonyl (C=O) groups excluding carboxylic acids is 1. The number of aryl methyl sites for hydroxylation is 3. The molecule has 0 aliphatic carbocycles. The van der Waals surface area contributed by atoms with E-state index >= 15 is 0 Å². The molecule has 31 heavy (non-hydrogen) atoms. The first-order chi connectivity index (χ1) is 15.1. The minimum atomic E-state index is -0.350. The van der Waals surface area contributed by atoms with Crippen molar-refractivity contribution in [2.24, 2.45) is 0 Å². The van der Waals surface area contributed by atoms with Crippen LogP contribution in [0, 0.1) is 13.8 Å². The molecule has 3 aromatic rings. The van der Waals surface area contributed by atoms with Crippen LogP contribution in [0.1, 0.15) is 36.0 Å². The smallest absolute Gasteiger partial charge is 0.330 e. The average molecular weight is 414 g/mol. The van der Waals surface area contributed by atoms with Crippen molar-refractivity contribution >= 4 is 23.0 Å². The van der Waals surface area contributed by atoms with Gasteiger partial charge in [-0.15, -0.1) is 0 Å². The molecule has 3 heteroatoms. The Morgan fingerprint density at radius 1 is 0.839 bits per heavy atom. The number of benzene rings is 3. The average Bonchev–Trinajstić information content (AvgIpc) is 2.79. The summed E-state index contributed by atoms with van der Waals surface area (Å²) >= 11 is 0. The third-order valence-corrected chi connectivity index (χ3v) is 5.32. The number of unbranched alkanes of at least 4 members (excludes halogenated alkanes) is 2. The number of hydrogen-bond donors (Lipinski definition) is 0. The SMILES string of the molecule is C=CC(=O)OCCCCCc1ccccc1N(c1ccc(C)cc1)c1ccc(C)cc1. The summed E-state index contributed by atoms with van der Waals surface area (Å²) in [6, 6.07) is 26.0. The molecule has 0 radical (unpaired) electrons. The zero-order chi connectivity index (χ0) is 22.1. The quantitative estimate of drug-likeness (QED) is 0.200. The van der Waals surface area contributed by atoms with Crippen molar-refractivity contribution in [3.63, 3.8) is 0 Å². The molecular weight excluding hydrogens is 382 g/mol. The second-order valence-electron chi connectivity index (χ2n) is 7.82. The van der Waals surface area contributed by atoms with Crippen molar-refractivity contribution in [1.29, 1.82) is 0 Å². The highest BCUT2D eigenvalue weighted by atomic mass is 16.5. The summed E-state index contributed by atoms with van der Waals surface area (Å²) in [5.74, 6) is -0.350. The van der Waals surface area contributed by atoms with Gasteiger partial charge in [-0.25, -0.2) is 4.79 Å². The predicted molar refractivity (Wildman–Crippen MR) is 129 cm³/mol. The maximum atomic E-state index is 11.2. The Balaban J connectivity index is 1.80. The molecule has 0 atom stereocenters. The molecule has 0 aromatic heterocycles. The van der Waals surface area contributed by atoms with Crippen molar-refractivity contribution in [2.75, 3.05) is 11.5 Å². The molecule has 3 aromatic carbocycles. The van der Waals surface area contributed by atoms with E-state index in [0.29, 0.717) is 6.61 Å². The molecule has 0 saturated carbocycles. The summed E-state index contributed by atoms with van der Waals surface area (Å²) in [5, 5.41) is 0. The summed E-state index contributed by atoms with van der Waals surface area (Å²) in [4.78, 5) is 13.5. The number of anilines is 3. The summed E-state index contributed by atoms with van der Waals surface area (Å²) in [7, 11) is 0. The molecule has 0 unspecified atom stereocenters. The standard InChI is InChI=1S/C28H31NO2/c1-4-28(30)31-21-9-5-6-10-24-11-7-8-12-27(24)29(25-17-13-22(2)14-18-25)26-19-15-23(3)16-20-26/h4,7-8,11-20H,1,5-6,9-10,21H2,2-3H3. The van der Waals surface area contributed by atoms with Crippen molar-refractivity contribution in [1.82, 2.24) is 0 Å². The van der Waals surface area contributed by atoms with Crippen LogP contribution < -0.4 is 4.90 Å². The normalized spacial score (nSPS) is 10.5. The van der Waals surface area contributed by atoms with Crippen LogP contribution in [-0.4, -0.2) is 12.6 Å². The van der Waals surface area contributed by atoms with Gasteiger partial charge in [0.1, 0.15) is 0 Å². The van der Waals surface area contributed by atoms with Gasteiger partial charge in [0.2, 0.25) is 0 Å². The van der Waals surface area contributed by atoms with Crippen LogP contribution in [-0.2, 0) is 16.0 Å². The van der Waals surface area contributed by atoms with Crippen molar-refractivity contribution in [3.05, 3.63) is 102 Å². The van der Waals surface area contributed by atoms with Crippen LogP contribution in [0.3, 0.4) is 0 Å². The lowest BCUT2D eigenvalue weighted by atomic mass is 10.0. The topological polar surface area (TPSA) is 29.5 Å². The summed E-state index contributed by atoms with van der Waals surface area (Å²) in [5.41, 5.74) is 7.31. The zero-order valence-electron chi connectivity index (χ0n) is 18.5. The largest absolute Gasteiger partial charge is 0.463 e. The number of rotatable bonds is 10. The first-order valence-corrected chi connectivity index (χ1v) is 10.9. The van der Waals surface area contributed by atoms with Gasteiger partial charge in [0.15, 0.2) is 0 Å². The van der Waals surface area contributed by atoms with Gasteiger partial charge < -0.3 is 9.64 Å². The third-order valence-electron chi connectivity index (χ3n) is 5.32. The van der Waals surface area contributed by atoms with E-state index in [1.165, 1.54) is 28.5 Å². The molecular formula is C28H31NO2. The van der Waals surface area contributed by atoms with E-state index in [1.54, 1.807) is 0 Å². The molecule has 0 N–H and O–H groups in total. The van der Waals surface area contributed by atoms with Crippen molar-refractivity contribution in [2.45, 2.75) is 39.5 Å². The fourth-order valence-corrected chi connectivity index (χ4v) is 3.58. The molecule has 0 aliphatic rings. The number of para-hydroxylation sites is 1. The Morgan fingerprint density at radius 2 is 1.42 bits per heavy atom. The van der Waals surface area contributed by atoms with Crippen LogP contribution >= 0.6 is 0 Å². The second-order valence-corrected chi connectivity index (χ2v) is 7.82. The highest BCUT2D eigenvalue weighted by Gasteiger charge is 2.15. The molecule has 3 nitrogen and oxygen atoms in total. The van der Waals surface area contributed by atoms with Gasteiger partial charge in [-0.05, 0) is 75.4 Å². The Morgan fingerprint density at radius 3 is 2.00 bits per heavy atom. The Bertz CT molecular complexity index is 945. The van der Waals surface area contributed by atoms with E-state index in [9.17, 15) is 4.79 Å². The number of esters is 1. The van der Waals surface area contributed by atoms with E-state index in [-0.39, 0.29) is 5.97 Å². The lowest BCUT2D eigenvalue weighted by Crippen LogP contribution is -2.12. The Kier molecular flexibility index (Phi) is 8.05. The summed E-state index contributed by atoms with van der Waals surface area (Å²) in [6.07, 6.45) is 5.09. The highest BCUT2D eigenvalue weighted by Crippen LogP contribution is 2.37. The number of carbonyl (C=O) groups is 1. The summed E-state index contributed by atoms with van der Waals surface area (Å²) in [6.45, 7) is 8.09. The highest BCUT2D eigenvalue weighted by molar-refractivity contribution is 5.81. The summed E-state index contributed by atoms with van der Waals surface area (Å²) < 4.78 is 5.08. The van der Waals surface area contributed by atoms with Crippen LogP contribution in [0.4, 0.5) is 17.1 Å². The van der Waals surface area contributed by atoms with E-state index in [2.05, 4.69) is 98.1 Å². The Hall–Kier alpha value is -3.33. The third kappa shape index (κ3) is 6.32. The first-order valence-electron chi connectivity index (χ1n) is 10.9. The van der Waals surface area contributed by atoms with Crippen molar-refractivity contribution < 1.29 is 9.53 Å². The van der Waals surface area contributed by atoms with Crippen LogP contribution in [0.25, 0.3) is 0 Å². The van der Waals surface area contributed by atoms with E-state index in [0.717, 1.165) is 37.1 Å². The Labute approximate surface area is 186 Å². The molecule has 160 valence electrons. The number of nitrogens with zero attached hydrogens (tertiary/aromatic N) is 1. The first kappa shape index (κ1) is 22.4. The maximum Gasteiger partial charge on any atom is 0.330 e. The van der Waals surface area contributed by atoms with Gasteiger partial charge in [-0.3, -0.25) is 0 Å². The molecule has 0 aliphatic heterocycles. The molecule has 0 spiro atoms. The van der Waals surface area contributed by atoms with Gasteiger partial charge >= 0.3 is 5.97 Å². The number of ether oxygens (including phenoxy) is 1. The zero-order valence-corrected chi connectivity index (χ0v) is 18.5. The molecule has 0 amide bonds. The fourth-order valence-electron chi connectivity index (χ4n) is 3.58. The number of hydrogen-bond acceptors (Lipinski definition) is 3. The molecule has 0 heterocycles. The van der Waals surface area contributed by atoms with Gasteiger partial charge in [0.25, 0.3) is 0 Å². The van der Waals surface area contributed by atoms with E-state index in [1.807, 2.05) is 0 Å². The minimum Gasteiger partial charge on any atom is -0.463 e. The van der Waals surface area contributed by atoms with E-state index in [4.69, 9.17) is 4.74 Å². The predicted octanol–water partition coefficient (Wildman–Crippen LogP) is 7.22. The minimum absolute atomic E-state index is 0.350. The van der Waals surface area contributed by atoms with Crippen molar-refractivity contribution in [3.8, 4) is 0 Å². The van der Waals surface area contributed by atoms with Crippen LogP contribution in [0.2, 0.25) is 0 Å². The van der Waals surface area contributed by atoms with Gasteiger partial charge in [-0.1, -0.05) is 60.2 Å². The fraction of sp³-hybridized carbons (Fsp3) is 0.250. The molecule has 0 bridgehead atoms. The maximum absolute atomic E-state index is 11.2. The van der Waals surface area contributed by atoms with Gasteiger partial charge in [0.05, 0.1) is 6.61 Å². The molecule has 3 rings (SSSR count). The van der Waals surface area contributed by atoms with E-state index < -0.39 is 0 Å². The lowest BCUT2D eigenvalue weighted by molar-refractivity contribution is -0.137. The van der Waals surface area contributed by atoms with Crippen LogP contribution in [0.15, 0.2) is 85.5 Å². The van der Waals surface area contributed by atoms with Crippen LogP contribution in [0.5, 0.6) is 0 Å².